The van der Waals surface area contributed by atoms with Crippen LogP contribution in [0.5, 0.6) is 23.0 Å². The van der Waals surface area contributed by atoms with E-state index >= 15 is 0 Å². The summed E-state index contributed by atoms with van der Waals surface area (Å²) in [6.45, 7) is 0.419. The second-order valence-electron chi connectivity index (χ2n) is 6.71. The van der Waals surface area contributed by atoms with E-state index in [0.29, 0.717) is 48.1 Å². The van der Waals surface area contributed by atoms with Gasteiger partial charge in [-0.15, -0.1) is 0 Å². The molecule has 0 radical (unpaired) electrons. The van der Waals surface area contributed by atoms with Crippen LogP contribution in [0.3, 0.4) is 0 Å². The number of nitro groups is 1. The summed E-state index contributed by atoms with van der Waals surface area (Å²) in [6, 6.07) is 7.80. The third kappa shape index (κ3) is 6.66. The van der Waals surface area contributed by atoms with Crippen molar-refractivity contribution >= 4 is 23.0 Å². The van der Waals surface area contributed by atoms with Crippen LogP contribution in [-0.2, 0) is 9.53 Å². The molecule has 174 valence electrons. The Kier molecular flexibility index (Phi) is 9.40. The molecule has 10 nitrogen and oxygen atoms in total. The lowest BCUT2D eigenvalue weighted by Gasteiger charge is -2.15. The van der Waals surface area contributed by atoms with E-state index < -0.39 is 4.92 Å². The number of esters is 1. The van der Waals surface area contributed by atoms with Gasteiger partial charge in [0.25, 0.3) is 5.69 Å². The molecule has 0 heterocycles. The summed E-state index contributed by atoms with van der Waals surface area (Å²) in [5.41, 5.74) is 0.666. The molecule has 0 spiro atoms. The summed E-state index contributed by atoms with van der Waals surface area (Å²) in [5.74, 6) is 1.49. The zero-order chi connectivity index (χ0) is 23.5. The molecule has 0 fully saturated rings. The molecule has 0 aromatic heterocycles. The molecule has 0 amide bonds. The van der Waals surface area contributed by atoms with Crippen LogP contribution in [0.15, 0.2) is 30.3 Å². The molecule has 0 unspecified atom stereocenters. The molecule has 10 heteroatoms. The second kappa shape index (κ2) is 12.2. The van der Waals surface area contributed by atoms with Crippen LogP contribution in [0.2, 0.25) is 0 Å². The quantitative estimate of drug-likeness (QED) is 0.205. The summed E-state index contributed by atoms with van der Waals surface area (Å²) in [4.78, 5) is 22.1. The summed E-state index contributed by atoms with van der Waals surface area (Å²) in [5, 5.41) is 14.5. The van der Waals surface area contributed by atoms with Crippen LogP contribution in [-0.4, -0.2) is 45.9 Å². The molecule has 0 aliphatic heterocycles. The molecule has 32 heavy (non-hydrogen) atoms. The van der Waals surface area contributed by atoms with Crippen LogP contribution >= 0.6 is 0 Å². The van der Waals surface area contributed by atoms with Crippen molar-refractivity contribution in [2.75, 3.05) is 40.4 Å². The third-order valence-electron chi connectivity index (χ3n) is 4.63. The second-order valence-corrected chi connectivity index (χ2v) is 6.71. The van der Waals surface area contributed by atoms with Gasteiger partial charge in [0.05, 0.1) is 40.0 Å². The first-order chi connectivity index (χ1) is 15.4. The molecule has 1 N–H and O–H groups in total. The Labute approximate surface area is 186 Å². The van der Waals surface area contributed by atoms with Crippen molar-refractivity contribution in [3.8, 4) is 23.0 Å². The first-order valence-corrected chi connectivity index (χ1v) is 9.98. The fraction of sp³-hybridized carbons (Fsp3) is 0.409. The van der Waals surface area contributed by atoms with Crippen LogP contribution in [0.25, 0.3) is 0 Å². The highest BCUT2D eigenvalue weighted by Crippen LogP contribution is 2.41. The molecule has 0 aliphatic carbocycles. The number of nitro benzene ring substituents is 1. The number of unbranched alkanes of at least 4 members (excludes halogenated alkanes) is 2. The first kappa shape index (κ1) is 24.6. The van der Waals surface area contributed by atoms with E-state index in [4.69, 9.17) is 18.9 Å². The number of nitrogens with zero attached hydrogens (tertiary/aromatic N) is 1. The minimum Gasteiger partial charge on any atom is -0.494 e. The maximum atomic E-state index is 11.5. The van der Waals surface area contributed by atoms with Gasteiger partial charge in [0.1, 0.15) is 11.4 Å². The topological polar surface area (TPSA) is 118 Å². The van der Waals surface area contributed by atoms with Crippen molar-refractivity contribution in [2.45, 2.75) is 25.7 Å². The Bertz CT molecular complexity index is 907. The predicted molar refractivity (Wildman–Crippen MR) is 118 cm³/mol. The smallest absolute Gasteiger partial charge is 0.305 e. The van der Waals surface area contributed by atoms with Crippen molar-refractivity contribution < 1.29 is 33.4 Å². The lowest BCUT2D eigenvalue weighted by molar-refractivity contribution is -0.383. The molecule has 2 aromatic rings. The van der Waals surface area contributed by atoms with Gasteiger partial charge >= 0.3 is 5.97 Å². The van der Waals surface area contributed by atoms with Gasteiger partial charge in [0.15, 0.2) is 11.5 Å². The Morgan fingerprint density at radius 3 is 2.22 bits per heavy atom. The molecule has 2 rings (SSSR count). The number of hydrogen-bond acceptors (Lipinski definition) is 9. The standard InChI is InChI=1S/C22H28N2O8/c1-28-19-12-15(13-20(29-2)22(19)31-4)23-17-14-16(9-10-18(17)24(26)27)32-11-7-5-6-8-21(25)30-3/h9-10,12-14,23H,5-8,11H2,1-4H3. The third-order valence-corrected chi connectivity index (χ3v) is 4.63. The van der Waals surface area contributed by atoms with Crippen molar-refractivity contribution in [2.24, 2.45) is 0 Å². The highest BCUT2D eigenvalue weighted by molar-refractivity contribution is 5.74. The summed E-state index contributed by atoms with van der Waals surface area (Å²) in [7, 11) is 5.84. The highest BCUT2D eigenvalue weighted by Gasteiger charge is 2.18. The normalized spacial score (nSPS) is 10.2. The highest BCUT2D eigenvalue weighted by atomic mass is 16.6. The molecule has 0 bridgehead atoms. The van der Waals surface area contributed by atoms with E-state index in [1.54, 1.807) is 24.3 Å². The number of rotatable bonds is 13. The van der Waals surface area contributed by atoms with Gasteiger partial charge in [-0.1, -0.05) is 0 Å². The van der Waals surface area contributed by atoms with E-state index in [9.17, 15) is 14.9 Å². The van der Waals surface area contributed by atoms with Gasteiger partial charge in [-0.2, -0.15) is 0 Å². The van der Waals surface area contributed by atoms with E-state index in [2.05, 4.69) is 10.1 Å². The minimum atomic E-state index is -0.475. The van der Waals surface area contributed by atoms with Crippen LogP contribution < -0.4 is 24.3 Å². The number of methoxy groups -OCH3 is 4. The van der Waals surface area contributed by atoms with E-state index in [1.165, 1.54) is 34.5 Å². The molecule has 2 aromatic carbocycles. The fourth-order valence-corrected chi connectivity index (χ4v) is 3.01. The van der Waals surface area contributed by atoms with Crippen molar-refractivity contribution in [1.82, 2.24) is 0 Å². The Morgan fingerprint density at radius 2 is 1.66 bits per heavy atom. The van der Waals surface area contributed by atoms with Crippen LogP contribution in [0, 0.1) is 10.1 Å². The Hall–Kier alpha value is -3.69. The zero-order valence-electron chi connectivity index (χ0n) is 18.6. The zero-order valence-corrected chi connectivity index (χ0v) is 18.6. The summed E-state index contributed by atoms with van der Waals surface area (Å²) in [6.07, 6.45) is 2.63. The van der Waals surface area contributed by atoms with E-state index in [-0.39, 0.29) is 17.3 Å². The number of carbonyl (C=O) groups is 1. The maximum absolute atomic E-state index is 11.5. The van der Waals surface area contributed by atoms with Gasteiger partial charge in [-0.3, -0.25) is 14.9 Å². The van der Waals surface area contributed by atoms with Gasteiger partial charge in [0.2, 0.25) is 5.75 Å². The summed E-state index contributed by atoms with van der Waals surface area (Å²) >= 11 is 0. The first-order valence-electron chi connectivity index (χ1n) is 9.98. The van der Waals surface area contributed by atoms with Gasteiger partial charge in [-0.05, 0) is 25.3 Å². The van der Waals surface area contributed by atoms with Crippen molar-refractivity contribution in [1.29, 1.82) is 0 Å². The minimum absolute atomic E-state index is 0.107. The number of nitrogens with one attached hydrogen (secondary N) is 1. The Morgan fingerprint density at radius 1 is 0.969 bits per heavy atom. The van der Waals surface area contributed by atoms with Crippen molar-refractivity contribution in [3.05, 3.63) is 40.4 Å². The van der Waals surface area contributed by atoms with Crippen LogP contribution in [0.4, 0.5) is 17.1 Å². The SMILES string of the molecule is COC(=O)CCCCCOc1ccc([N+](=O)[O-])c(Nc2cc(OC)c(OC)c(OC)c2)c1. The van der Waals surface area contributed by atoms with Gasteiger partial charge < -0.3 is 29.0 Å². The van der Waals surface area contributed by atoms with Crippen molar-refractivity contribution in [3.63, 3.8) is 0 Å². The van der Waals surface area contributed by atoms with E-state index in [0.717, 1.165) is 12.8 Å². The van der Waals surface area contributed by atoms with Gasteiger partial charge in [0, 0.05) is 36.4 Å². The lowest BCUT2D eigenvalue weighted by atomic mass is 10.2. The number of hydrogen-bond donors (Lipinski definition) is 1. The number of ether oxygens (including phenoxy) is 5. The fourth-order valence-electron chi connectivity index (χ4n) is 3.01. The summed E-state index contributed by atoms with van der Waals surface area (Å²) < 4.78 is 26.3. The number of benzene rings is 2. The van der Waals surface area contributed by atoms with Gasteiger partial charge in [-0.25, -0.2) is 0 Å². The Balaban J connectivity index is 2.13. The number of carbonyl (C=O) groups excluding carboxylic acids is 1. The van der Waals surface area contributed by atoms with E-state index in [1.807, 2.05) is 0 Å². The molecule has 0 aliphatic rings. The van der Waals surface area contributed by atoms with Crippen LogP contribution in [0.1, 0.15) is 25.7 Å². The number of anilines is 2. The molecule has 0 saturated heterocycles. The molecule has 0 atom stereocenters. The monoisotopic (exact) mass is 448 g/mol. The molecule has 0 saturated carbocycles. The largest absolute Gasteiger partial charge is 0.494 e. The maximum Gasteiger partial charge on any atom is 0.305 e. The average molecular weight is 448 g/mol. The molecular formula is C22H28N2O8. The lowest BCUT2D eigenvalue weighted by Crippen LogP contribution is -2.03. The average Bonchev–Trinajstić information content (AvgIpc) is 2.80. The molecular weight excluding hydrogens is 420 g/mol. The predicted octanol–water partition coefficient (Wildman–Crippen LogP) is 4.48.